The molecule has 0 unspecified atom stereocenters. The number of fused-ring (bicyclic) bond motifs is 1. The van der Waals surface area contributed by atoms with Crippen molar-refractivity contribution in [2.24, 2.45) is 0 Å². The molecule has 2 rings (SSSR count). The Labute approximate surface area is 88.3 Å². The number of nitrogens with one attached hydrogen (secondary N) is 1. The van der Waals surface area contributed by atoms with Gasteiger partial charge < -0.3 is 9.30 Å². The van der Waals surface area contributed by atoms with E-state index < -0.39 is 10.0 Å². The molecule has 0 saturated heterocycles. The van der Waals surface area contributed by atoms with E-state index in [0.717, 1.165) is 12.1 Å². The smallest absolute Gasteiger partial charge is 0.208 e. The average molecular weight is 231 g/mol. The SMILES string of the molecule is CS(=O)(=O)NC[C@H]1Cn2ccnc2CO1. The number of hydrogen-bond donors (Lipinski definition) is 1. The van der Waals surface area contributed by atoms with Crippen LogP contribution in [0.4, 0.5) is 0 Å². The van der Waals surface area contributed by atoms with E-state index in [2.05, 4.69) is 9.71 Å². The lowest BCUT2D eigenvalue weighted by Crippen LogP contribution is -2.38. The second-order valence-corrected chi connectivity index (χ2v) is 5.38. The summed E-state index contributed by atoms with van der Waals surface area (Å²) in [4.78, 5) is 4.10. The molecule has 1 aromatic heterocycles. The zero-order valence-corrected chi connectivity index (χ0v) is 9.20. The zero-order valence-electron chi connectivity index (χ0n) is 8.38. The third kappa shape index (κ3) is 2.77. The first-order valence-electron chi connectivity index (χ1n) is 4.61. The summed E-state index contributed by atoms with van der Waals surface area (Å²) in [5.41, 5.74) is 0. The molecule has 1 aliphatic heterocycles. The van der Waals surface area contributed by atoms with Gasteiger partial charge in [-0.2, -0.15) is 0 Å². The van der Waals surface area contributed by atoms with Crippen molar-refractivity contribution in [2.45, 2.75) is 19.3 Å². The summed E-state index contributed by atoms with van der Waals surface area (Å²) in [7, 11) is -3.14. The molecule has 0 fully saturated rings. The Morgan fingerprint density at radius 1 is 1.73 bits per heavy atom. The van der Waals surface area contributed by atoms with E-state index in [1.807, 2.05) is 10.8 Å². The van der Waals surface area contributed by atoms with Gasteiger partial charge in [0.25, 0.3) is 0 Å². The van der Waals surface area contributed by atoms with Gasteiger partial charge in [0.15, 0.2) is 0 Å². The van der Waals surface area contributed by atoms with Gasteiger partial charge in [-0.3, -0.25) is 0 Å². The highest BCUT2D eigenvalue weighted by atomic mass is 32.2. The van der Waals surface area contributed by atoms with Crippen molar-refractivity contribution in [2.75, 3.05) is 12.8 Å². The van der Waals surface area contributed by atoms with Crippen LogP contribution in [0.3, 0.4) is 0 Å². The van der Waals surface area contributed by atoms with Crippen molar-refractivity contribution in [1.82, 2.24) is 14.3 Å². The van der Waals surface area contributed by atoms with Crippen molar-refractivity contribution >= 4 is 10.0 Å². The molecule has 0 radical (unpaired) electrons. The third-order valence-corrected chi connectivity index (χ3v) is 2.91. The van der Waals surface area contributed by atoms with Gasteiger partial charge in [-0.05, 0) is 0 Å². The van der Waals surface area contributed by atoms with Gasteiger partial charge in [-0.1, -0.05) is 0 Å². The monoisotopic (exact) mass is 231 g/mol. The van der Waals surface area contributed by atoms with Gasteiger partial charge in [0.2, 0.25) is 10.0 Å². The Morgan fingerprint density at radius 3 is 3.27 bits per heavy atom. The number of nitrogens with zero attached hydrogens (tertiary/aromatic N) is 2. The largest absolute Gasteiger partial charge is 0.367 e. The van der Waals surface area contributed by atoms with Crippen LogP contribution >= 0.6 is 0 Å². The van der Waals surface area contributed by atoms with Crippen LogP contribution in [0.15, 0.2) is 12.4 Å². The molecule has 6 nitrogen and oxygen atoms in total. The van der Waals surface area contributed by atoms with Gasteiger partial charge in [0.05, 0.1) is 18.9 Å². The second kappa shape index (κ2) is 3.92. The summed E-state index contributed by atoms with van der Waals surface area (Å²) in [6, 6.07) is 0. The van der Waals surface area contributed by atoms with Crippen LogP contribution in [0, 0.1) is 0 Å². The molecule has 0 bridgehead atoms. The fraction of sp³-hybridized carbons (Fsp3) is 0.625. The molecular formula is C8H13N3O3S. The van der Waals surface area contributed by atoms with Crippen LogP contribution in [-0.2, 0) is 27.9 Å². The van der Waals surface area contributed by atoms with Crippen molar-refractivity contribution < 1.29 is 13.2 Å². The normalized spacial score (nSPS) is 21.3. The molecule has 2 heterocycles. The molecule has 1 atom stereocenters. The van der Waals surface area contributed by atoms with E-state index in [0.29, 0.717) is 19.7 Å². The summed E-state index contributed by atoms with van der Waals surface area (Å²) >= 11 is 0. The molecule has 1 N–H and O–H groups in total. The third-order valence-electron chi connectivity index (χ3n) is 2.22. The minimum atomic E-state index is -3.14. The first kappa shape index (κ1) is 10.6. The van der Waals surface area contributed by atoms with Crippen molar-refractivity contribution in [3.8, 4) is 0 Å². The lowest BCUT2D eigenvalue weighted by atomic mass is 10.3. The minimum Gasteiger partial charge on any atom is -0.367 e. The maximum absolute atomic E-state index is 10.9. The van der Waals surface area contributed by atoms with Crippen LogP contribution in [0.25, 0.3) is 0 Å². The number of imidazole rings is 1. The van der Waals surface area contributed by atoms with Crippen molar-refractivity contribution in [3.63, 3.8) is 0 Å². The lowest BCUT2D eigenvalue weighted by molar-refractivity contribution is 0.00588. The van der Waals surface area contributed by atoms with E-state index in [1.54, 1.807) is 6.20 Å². The van der Waals surface area contributed by atoms with Gasteiger partial charge in [-0.25, -0.2) is 18.1 Å². The number of rotatable bonds is 3. The molecule has 0 aromatic carbocycles. The first-order chi connectivity index (χ1) is 7.04. The number of hydrogen-bond acceptors (Lipinski definition) is 4. The Balaban J connectivity index is 1.93. The topological polar surface area (TPSA) is 73.2 Å². The molecule has 84 valence electrons. The zero-order chi connectivity index (χ0) is 10.9. The Morgan fingerprint density at radius 2 is 2.53 bits per heavy atom. The Bertz CT molecular complexity index is 440. The van der Waals surface area contributed by atoms with E-state index >= 15 is 0 Å². The van der Waals surface area contributed by atoms with E-state index in [-0.39, 0.29) is 6.10 Å². The molecule has 0 saturated carbocycles. The molecule has 1 aliphatic rings. The van der Waals surface area contributed by atoms with Crippen molar-refractivity contribution in [3.05, 3.63) is 18.2 Å². The number of sulfonamides is 1. The summed E-state index contributed by atoms with van der Waals surface area (Å²) in [5, 5.41) is 0. The van der Waals surface area contributed by atoms with E-state index in [9.17, 15) is 8.42 Å². The summed E-state index contributed by atoms with van der Waals surface area (Å²) in [6.45, 7) is 1.37. The summed E-state index contributed by atoms with van der Waals surface area (Å²) in [6.07, 6.45) is 4.59. The fourth-order valence-corrected chi connectivity index (χ4v) is 1.97. The quantitative estimate of drug-likeness (QED) is 0.749. The molecule has 15 heavy (non-hydrogen) atoms. The van der Waals surface area contributed by atoms with Gasteiger partial charge in [-0.15, -0.1) is 0 Å². The fourth-order valence-electron chi connectivity index (χ4n) is 1.48. The van der Waals surface area contributed by atoms with Crippen molar-refractivity contribution in [1.29, 1.82) is 0 Å². The molecule has 7 heteroatoms. The Hall–Kier alpha value is -0.920. The van der Waals surface area contributed by atoms with Crippen LogP contribution in [0.2, 0.25) is 0 Å². The lowest BCUT2D eigenvalue weighted by Gasteiger charge is -2.24. The Kier molecular flexibility index (Phi) is 2.76. The van der Waals surface area contributed by atoms with Crippen LogP contribution in [0.1, 0.15) is 5.82 Å². The average Bonchev–Trinajstić information content (AvgIpc) is 2.60. The summed E-state index contributed by atoms with van der Waals surface area (Å²) < 4.78 is 31.6. The van der Waals surface area contributed by atoms with E-state index in [4.69, 9.17) is 4.74 Å². The highest BCUT2D eigenvalue weighted by Crippen LogP contribution is 2.11. The maximum Gasteiger partial charge on any atom is 0.208 e. The van der Waals surface area contributed by atoms with Gasteiger partial charge >= 0.3 is 0 Å². The highest BCUT2D eigenvalue weighted by molar-refractivity contribution is 7.88. The van der Waals surface area contributed by atoms with Gasteiger partial charge in [0.1, 0.15) is 12.4 Å². The minimum absolute atomic E-state index is 0.124. The predicted octanol–water partition coefficient (Wildman–Crippen LogP) is -0.669. The molecule has 0 amide bonds. The van der Waals surface area contributed by atoms with E-state index in [1.165, 1.54) is 0 Å². The molecule has 0 spiro atoms. The number of ether oxygens (including phenoxy) is 1. The summed E-state index contributed by atoms with van der Waals surface area (Å²) in [5.74, 6) is 0.880. The standard InChI is InChI=1S/C8H13N3O3S/c1-15(12,13)10-4-7-5-11-3-2-9-8(11)6-14-7/h2-3,7,10H,4-6H2,1H3/t7-/m0/s1. The molecule has 1 aromatic rings. The maximum atomic E-state index is 10.9. The molecule has 0 aliphatic carbocycles. The second-order valence-electron chi connectivity index (χ2n) is 3.55. The van der Waals surface area contributed by atoms with Crippen LogP contribution in [-0.4, -0.2) is 36.9 Å². The van der Waals surface area contributed by atoms with Gasteiger partial charge in [0, 0.05) is 18.9 Å². The first-order valence-corrected chi connectivity index (χ1v) is 6.50. The van der Waals surface area contributed by atoms with Crippen LogP contribution in [0.5, 0.6) is 0 Å². The number of aromatic nitrogens is 2. The predicted molar refractivity (Wildman–Crippen MR) is 53.7 cm³/mol. The highest BCUT2D eigenvalue weighted by Gasteiger charge is 2.19. The van der Waals surface area contributed by atoms with Crippen LogP contribution < -0.4 is 4.72 Å². The molecular weight excluding hydrogens is 218 g/mol.